The number of nitrogens with zero attached hydrogens (tertiary/aromatic N) is 5. The zero-order valence-corrected chi connectivity index (χ0v) is 29.9. The van der Waals surface area contributed by atoms with Gasteiger partial charge in [-0.1, -0.05) is 129 Å². The molecule has 1 aliphatic carbocycles. The van der Waals surface area contributed by atoms with Crippen molar-refractivity contribution in [2.75, 3.05) is 0 Å². The Hall–Kier alpha value is -6.66. The SMILES string of the molecule is Cn1c(=O)n(C)c2cc(-c3cccc(-c4nc(-c5ccccc5)nc(-c5ccc6c(c5)C(C)(C)c5c-6c6ccccc6c6ccccc56)n4)c3)ccc21. The highest BCUT2D eigenvalue weighted by atomic mass is 16.1. The third-order valence-corrected chi connectivity index (χ3v) is 11.2. The predicted octanol–water partition coefficient (Wildman–Crippen LogP) is 10.3. The van der Waals surface area contributed by atoms with E-state index in [1.54, 1.807) is 16.2 Å². The van der Waals surface area contributed by atoms with E-state index in [-0.39, 0.29) is 11.1 Å². The van der Waals surface area contributed by atoms with Gasteiger partial charge >= 0.3 is 5.69 Å². The molecule has 0 fully saturated rings. The fraction of sp³-hybridized carbons (Fsp3) is 0.106. The van der Waals surface area contributed by atoms with Crippen LogP contribution in [0.3, 0.4) is 0 Å². The zero-order chi connectivity index (χ0) is 36.0. The summed E-state index contributed by atoms with van der Waals surface area (Å²) < 4.78 is 3.37. The summed E-state index contributed by atoms with van der Waals surface area (Å²) in [7, 11) is 3.61. The Balaban J connectivity index is 1.14. The molecule has 0 spiro atoms. The Labute approximate surface area is 306 Å². The van der Waals surface area contributed by atoms with Crippen molar-refractivity contribution in [1.29, 1.82) is 0 Å². The van der Waals surface area contributed by atoms with E-state index in [1.807, 2.05) is 55.6 Å². The molecule has 6 heteroatoms. The van der Waals surface area contributed by atoms with Crippen molar-refractivity contribution < 1.29 is 0 Å². The average Bonchev–Trinajstić information content (AvgIpc) is 3.58. The van der Waals surface area contributed by atoms with Gasteiger partial charge in [0.25, 0.3) is 0 Å². The molecule has 0 atom stereocenters. The van der Waals surface area contributed by atoms with Crippen LogP contribution in [0.4, 0.5) is 0 Å². The summed E-state index contributed by atoms with van der Waals surface area (Å²) in [6.07, 6.45) is 0. The summed E-state index contributed by atoms with van der Waals surface area (Å²) >= 11 is 0. The summed E-state index contributed by atoms with van der Waals surface area (Å²) in [6.45, 7) is 4.68. The van der Waals surface area contributed by atoms with Crippen LogP contribution in [0.2, 0.25) is 0 Å². The van der Waals surface area contributed by atoms with Crippen LogP contribution in [0.15, 0.2) is 144 Å². The fourth-order valence-corrected chi connectivity index (χ4v) is 8.50. The molecule has 7 aromatic carbocycles. The molecule has 0 aliphatic heterocycles. The van der Waals surface area contributed by atoms with Gasteiger partial charge in [0.05, 0.1) is 11.0 Å². The van der Waals surface area contributed by atoms with E-state index >= 15 is 0 Å². The van der Waals surface area contributed by atoms with Gasteiger partial charge in [0.2, 0.25) is 0 Å². The topological polar surface area (TPSA) is 65.6 Å². The normalized spacial score (nSPS) is 13.1. The van der Waals surface area contributed by atoms with Crippen molar-refractivity contribution in [2.45, 2.75) is 19.3 Å². The lowest BCUT2D eigenvalue weighted by atomic mass is 9.79. The van der Waals surface area contributed by atoms with E-state index < -0.39 is 0 Å². The minimum atomic E-state index is -0.250. The number of fused-ring (bicyclic) bond motifs is 9. The monoisotopic (exact) mass is 685 g/mol. The van der Waals surface area contributed by atoms with Crippen LogP contribution in [0.1, 0.15) is 25.0 Å². The molecule has 0 amide bonds. The summed E-state index contributed by atoms with van der Waals surface area (Å²) in [6, 6.07) is 48.8. The third kappa shape index (κ3) is 4.65. The lowest BCUT2D eigenvalue weighted by Crippen LogP contribution is -2.19. The first-order valence-electron chi connectivity index (χ1n) is 17.9. The molecule has 0 saturated carbocycles. The molecule has 254 valence electrons. The van der Waals surface area contributed by atoms with E-state index in [4.69, 9.17) is 15.0 Å². The summed E-state index contributed by atoms with van der Waals surface area (Å²) in [5.74, 6) is 1.85. The van der Waals surface area contributed by atoms with E-state index in [1.165, 1.54) is 43.8 Å². The van der Waals surface area contributed by atoms with Crippen LogP contribution >= 0.6 is 0 Å². The van der Waals surface area contributed by atoms with Gasteiger partial charge in [-0.25, -0.2) is 19.7 Å². The van der Waals surface area contributed by atoms with Gasteiger partial charge in [0.1, 0.15) is 0 Å². The van der Waals surface area contributed by atoms with Gasteiger partial charge in [-0.3, -0.25) is 9.13 Å². The van der Waals surface area contributed by atoms with Crippen LogP contribution in [0.25, 0.3) is 89.0 Å². The molecule has 10 rings (SSSR count). The van der Waals surface area contributed by atoms with Gasteiger partial charge in [-0.05, 0) is 79.2 Å². The third-order valence-electron chi connectivity index (χ3n) is 11.2. The Morgan fingerprint density at radius 2 is 1.00 bits per heavy atom. The van der Waals surface area contributed by atoms with Gasteiger partial charge in [0, 0.05) is 36.2 Å². The number of aromatic nitrogens is 5. The van der Waals surface area contributed by atoms with Crippen LogP contribution < -0.4 is 5.69 Å². The number of rotatable bonds is 4. The highest BCUT2D eigenvalue weighted by molar-refractivity contribution is 6.18. The number of imidazole rings is 1. The van der Waals surface area contributed by atoms with Crippen molar-refractivity contribution in [2.24, 2.45) is 14.1 Å². The number of benzene rings is 7. The average molecular weight is 686 g/mol. The second-order valence-electron chi connectivity index (χ2n) is 14.6. The Morgan fingerprint density at radius 3 is 1.74 bits per heavy atom. The second kappa shape index (κ2) is 11.4. The van der Waals surface area contributed by atoms with E-state index in [0.717, 1.165) is 38.9 Å². The molecule has 2 aromatic heterocycles. The molecule has 0 unspecified atom stereocenters. The number of hydrogen-bond acceptors (Lipinski definition) is 4. The Morgan fingerprint density at radius 1 is 0.472 bits per heavy atom. The maximum atomic E-state index is 12.6. The molecule has 0 N–H and O–H groups in total. The first kappa shape index (κ1) is 31.1. The maximum Gasteiger partial charge on any atom is 0.328 e. The lowest BCUT2D eigenvalue weighted by molar-refractivity contribution is 0.666. The largest absolute Gasteiger partial charge is 0.328 e. The molecule has 53 heavy (non-hydrogen) atoms. The standard InChI is InChI=1S/C47H35N5O/c1-47(2)38-26-32(21-23-37(38)41-35-19-10-8-17-33(35)34-18-9-11-20-36(34)42(41)47)45-49-43(28-13-6-5-7-14-28)48-44(50-45)31-16-12-15-29(25-31)30-22-24-39-40(27-30)52(4)46(53)51(39)3/h5-27H,1-4H3. The Kier molecular flexibility index (Phi) is 6.70. The molecule has 1 aliphatic rings. The zero-order valence-electron chi connectivity index (χ0n) is 29.9. The molecule has 0 radical (unpaired) electrons. The molecular weight excluding hydrogens is 651 g/mol. The highest BCUT2D eigenvalue weighted by Gasteiger charge is 2.38. The van der Waals surface area contributed by atoms with Gasteiger partial charge in [-0.2, -0.15) is 0 Å². The highest BCUT2D eigenvalue weighted by Crippen LogP contribution is 2.55. The number of aryl methyl sites for hydroxylation is 2. The van der Waals surface area contributed by atoms with Gasteiger partial charge < -0.3 is 0 Å². The first-order chi connectivity index (χ1) is 25.8. The van der Waals surface area contributed by atoms with Gasteiger partial charge in [-0.15, -0.1) is 0 Å². The molecule has 9 aromatic rings. The van der Waals surface area contributed by atoms with Crippen LogP contribution in [-0.4, -0.2) is 24.1 Å². The van der Waals surface area contributed by atoms with Crippen LogP contribution in [-0.2, 0) is 19.5 Å². The predicted molar refractivity (Wildman–Crippen MR) is 216 cm³/mol. The van der Waals surface area contributed by atoms with Crippen LogP contribution in [0.5, 0.6) is 0 Å². The van der Waals surface area contributed by atoms with Crippen molar-refractivity contribution in [1.82, 2.24) is 24.1 Å². The molecular formula is C47H35N5O. The van der Waals surface area contributed by atoms with E-state index in [0.29, 0.717) is 17.5 Å². The minimum Gasteiger partial charge on any atom is -0.295 e. The summed E-state index contributed by atoms with van der Waals surface area (Å²) in [5.41, 5.74) is 11.5. The number of hydrogen-bond donors (Lipinski definition) is 0. The molecule has 6 nitrogen and oxygen atoms in total. The van der Waals surface area contributed by atoms with E-state index in [9.17, 15) is 4.79 Å². The molecule has 0 saturated heterocycles. The lowest BCUT2D eigenvalue weighted by Gasteiger charge is -2.24. The van der Waals surface area contributed by atoms with Crippen molar-refractivity contribution in [3.63, 3.8) is 0 Å². The molecule has 0 bridgehead atoms. The smallest absolute Gasteiger partial charge is 0.295 e. The van der Waals surface area contributed by atoms with Gasteiger partial charge in [0.15, 0.2) is 17.5 Å². The minimum absolute atomic E-state index is 0.0439. The quantitative estimate of drug-likeness (QED) is 0.173. The maximum absolute atomic E-state index is 12.6. The molecule has 2 heterocycles. The second-order valence-corrected chi connectivity index (χ2v) is 14.6. The van der Waals surface area contributed by atoms with Crippen LogP contribution in [0, 0.1) is 0 Å². The summed E-state index contributed by atoms with van der Waals surface area (Å²) in [4.78, 5) is 27.9. The fourth-order valence-electron chi connectivity index (χ4n) is 8.50. The first-order valence-corrected chi connectivity index (χ1v) is 17.9. The Bertz CT molecular complexity index is 3030. The van der Waals surface area contributed by atoms with Crippen molar-refractivity contribution in [3.05, 3.63) is 161 Å². The van der Waals surface area contributed by atoms with Crippen molar-refractivity contribution in [3.8, 4) is 56.4 Å². The van der Waals surface area contributed by atoms with E-state index in [2.05, 4.69) is 105 Å². The summed E-state index contributed by atoms with van der Waals surface area (Å²) in [5, 5.41) is 5.14. The van der Waals surface area contributed by atoms with Crippen molar-refractivity contribution >= 4 is 32.6 Å².